The smallest absolute Gasteiger partial charge is 0.225 e. The van der Waals surface area contributed by atoms with Crippen LogP contribution in [0.4, 0.5) is 5.95 Å². The highest BCUT2D eigenvalue weighted by molar-refractivity contribution is 5.79. The average Bonchev–Trinajstić information content (AvgIpc) is 2.23. The van der Waals surface area contributed by atoms with Crippen molar-refractivity contribution in [2.75, 3.05) is 19.0 Å². The molecule has 0 atom stereocenters. The minimum atomic E-state index is 0.156. The van der Waals surface area contributed by atoms with Crippen LogP contribution in [-0.4, -0.2) is 30.0 Å². The van der Waals surface area contributed by atoms with Crippen molar-refractivity contribution in [3.8, 4) is 0 Å². The van der Waals surface area contributed by atoms with Crippen molar-refractivity contribution in [2.45, 2.75) is 32.7 Å². The lowest BCUT2D eigenvalue weighted by atomic mass is 9.85. The van der Waals surface area contributed by atoms with E-state index in [1.807, 2.05) is 32.0 Å². The van der Waals surface area contributed by atoms with Gasteiger partial charge in [-0.2, -0.15) is 0 Å². The molecule has 0 saturated heterocycles. The van der Waals surface area contributed by atoms with Crippen molar-refractivity contribution in [1.29, 1.82) is 0 Å². The largest absolute Gasteiger partial charge is 0.350 e. The quantitative estimate of drug-likeness (QED) is 0.871. The molecule has 98 valence electrons. The van der Waals surface area contributed by atoms with E-state index in [0.29, 0.717) is 12.5 Å². The van der Waals surface area contributed by atoms with E-state index >= 15 is 0 Å². The Kier molecular flexibility index (Phi) is 3.79. The third-order valence-corrected chi connectivity index (χ3v) is 3.22. The topological polar surface area (TPSA) is 58.1 Å². The zero-order valence-electron chi connectivity index (χ0n) is 11.2. The summed E-state index contributed by atoms with van der Waals surface area (Å²) in [5.41, 5.74) is 1.78. The van der Waals surface area contributed by atoms with Gasteiger partial charge in [-0.05, 0) is 25.8 Å². The molecule has 1 saturated carbocycles. The van der Waals surface area contributed by atoms with Crippen LogP contribution in [0.3, 0.4) is 0 Å². The highest BCUT2D eigenvalue weighted by Crippen LogP contribution is 2.26. The molecule has 1 aromatic rings. The number of carbonyl (C=O) groups excluding carboxylic acids is 1. The molecule has 0 radical (unpaired) electrons. The van der Waals surface area contributed by atoms with Crippen LogP contribution in [0.2, 0.25) is 0 Å². The van der Waals surface area contributed by atoms with E-state index in [4.69, 9.17) is 0 Å². The van der Waals surface area contributed by atoms with Crippen LogP contribution in [0, 0.1) is 12.8 Å². The van der Waals surface area contributed by atoms with Gasteiger partial charge >= 0.3 is 0 Å². The van der Waals surface area contributed by atoms with Crippen molar-refractivity contribution in [2.24, 2.45) is 5.92 Å². The first-order valence-electron chi connectivity index (χ1n) is 6.36. The number of hydrogen-bond donors (Lipinski definition) is 1. The highest BCUT2D eigenvalue weighted by Gasteiger charge is 2.24. The first kappa shape index (κ1) is 12.8. The average molecular weight is 248 g/mol. The normalized spacial score (nSPS) is 15.1. The monoisotopic (exact) mass is 248 g/mol. The standard InChI is InChI=1S/C13H20N4O/c1-9-7-11(16-13(15-9)17(2)3)8-14-12(18)10-5-4-6-10/h7,10H,4-6,8H2,1-3H3,(H,14,18). The molecule has 1 aliphatic carbocycles. The number of carbonyl (C=O) groups is 1. The Morgan fingerprint density at radius 1 is 1.44 bits per heavy atom. The van der Waals surface area contributed by atoms with Gasteiger partial charge in [0, 0.05) is 25.7 Å². The van der Waals surface area contributed by atoms with Crippen molar-refractivity contribution in [1.82, 2.24) is 15.3 Å². The van der Waals surface area contributed by atoms with Crippen LogP contribution in [0.15, 0.2) is 6.07 Å². The first-order chi connectivity index (χ1) is 8.56. The van der Waals surface area contributed by atoms with Gasteiger partial charge in [-0.15, -0.1) is 0 Å². The number of rotatable bonds is 4. The molecule has 1 heterocycles. The molecule has 5 heteroatoms. The lowest BCUT2D eigenvalue weighted by molar-refractivity contribution is -0.127. The van der Waals surface area contributed by atoms with E-state index in [0.717, 1.165) is 24.2 Å². The van der Waals surface area contributed by atoms with Crippen LogP contribution in [-0.2, 0) is 11.3 Å². The predicted molar refractivity (Wildman–Crippen MR) is 70.3 cm³/mol. The van der Waals surface area contributed by atoms with Crippen LogP contribution in [0.5, 0.6) is 0 Å². The lowest BCUT2D eigenvalue weighted by Gasteiger charge is -2.24. The van der Waals surface area contributed by atoms with Crippen molar-refractivity contribution >= 4 is 11.9 Å². The SMILES string of the molecule is Cc1cc(CNC(=O)C2CCC2)nc(N(C)C)n1. The van der Waals surface area contributed by atoms with Crippen LogP contribution in [0.25, 0.3) is 0 Å². The maximum Gasteiger partial charge on any atom is 0.225 e. The van der Waals surface area contributed by atoms with Gasteiger partial charge < -0.3 is 10.2 Å². The molecule has 0 spiro atoms. The molecule has 0 unspecified atom stereocenters. The Balaban J connectivity index is 1.97. The van der Waals surface area contributed by atoms with Crippen LogP contribution in [0.1, 0.15) is 30.7 Å². The zero-order valence-corrected chi connectivity index (χ0v) is 11.2. The van der Waals surface area contributed by atoms with E-state index in [2.05, 4.69) is 15.3 Å². The molecule has 1 aliphatic rings. The number of hydrogen-bond acceptors (Lipinski definition) is 4. The predicted octanol–water partition coefficient (Wildman–Crippen LogP) is 1.27. The van der Waals surface area contributed by atoms with Crippen molar-refractivity contribution < 1.29 is 4.79 Å². The summed E-state index contributed by atoms with van der Waals surface area (Å²) < 4.78 is 0. The maximum absolute atomic E-state index is 11.7. The molecule has 0 aromatic carbocycles. The summed E-state index contributed by atoms with van der Waals surface area (Å²) in [5, 5.41) is 2.95. The van der Waals surface area contributed by atoms with Crippen molar-refractivity contribution in [3.05, 3.63) is 17.5 Å². The molecule has 1 N–H and O–H groups in total. The minimum Gasteiger partial charge on any atom is -0.350 e. The first-order valence-corrected chi connectivity index (χ1v) is 6.36. The van der Waals surface area contributed by atoms with Crippen LogP contribution >= 0.6 is 0 Å². The number of nitrogens with zero attached hydrogens (tertiary/aromatic N) is 3. The highest BCUT2D eigenvalue weighted by atomic mass is 16.1. The van der Waals surface area contributed by atoms with Gasteiger partial charge in [0.2, 0.25) is 11.9 Å². The summed E-state index contributed by atoms with van der Waals surface area (Å²) in [6.07, 6.45) is 3.23. The van der Waals surface area contributed by atoms with E-state index in [1.54, 1.807) is 0 Å². The fourth-order valence-electron chi connectivity index (χ4n) is 1.90. The molecule has 1 fully saturated rings. The molecule has 5 nitrogen and oxygen atoms in total. The molecule has 0 bridgehead atoms. The number of anilines is 1. The van der Waals surface area contributed by atoms with E-state index < -0.39 is 0 Å². The van der Waals surface area contributed by atoms with Gasteiger partial charge in [-0.25, -0.2) is 9.97 Å². The molecule has 0 aliphatic heterocycles. The van der Waals surface area contributed by atoms with Crippen molar-refractivity contribution in [3.63, 3.8) is 0 Å². The Hall–Kier alpha value is -1.65. The Morgan fingerprint density at radius 2 is 2.17 bits per heavy atom. The van der Waals surface area contributed by atoms with E-state index in [-0.39, 0.29) is 11.8 Å². The fourth-order valence-corrected chi connectivity index (χ4v) is 1.90. The maximum atomic E-state index is 11.7. The summed E-state index contributed by atoms with van der Waals surface area (Å²) in [6.45, 7) is 2.42. The van der Waals surface area contributed by atoms with E-state index in [1.165, 1.54) is 6.42 Å². The Labute approximate surface area is 108 Å². The third-order valence-electron chi connectivity index (χ3n) is 3.22. The third kappa shape index (κ3) is 2.97. The number of aromatic nitrogens is 2. The molecular weight excluding hydrogens is 228 g/mol. The minimum absolute atomic E-state index is 0.156. The second-order valence-corrected chi connectivity index (χ2v) is 5.04. The second-order valence-electron chi connectivity index (χ2n) is 5.04. The number of aryl methyl sites for hydroxylation is 1. The summed E-state index contributed by atoms with van der Waals surface area (Å²) in [7, 11) is 3.82. The molecule has 1 aromatic heterocycles. The fraction of sp³-hybridized carbons (Fsp3) is 0.615. The van der Waals surface area contributed by atoms with Gasteiger partial charge in [0.25, 0.3) is 0 Å². The van der Waals surface area contributed by atoms with Gasteiger partial charge in [-0.3, -0.25) is 4.79 Å². The Bertz CT molecular complexity index is 441. The number of nitrogens with one attached hydrogen (secondary N) is 1. The van der Waals surface area contributed by atoms with Gasteiger partial charge in [0.1, 0.15) is 0 Å². The van der Waals surface area contributed by atoms with Gasteiger partial charge in [-0.1, -0.05) is 6.42 Å². The lowest BCUT2D eigenvalue weighted by Crippen LogP contribution is -2.34. The van der Waals surface area contributed by atoms with Crippen LogP contribution < -0.4 is 10.2 Å². The van der Waals surface area contributed by atoms with E-state index in [9.17, 15) is 4.79 Å². The second kappa shape index (κ2) is 5.33. The van der Waals surface area contributed by atoms with Gasteiger partial charge in [0.15, 0.2) is 0 Å². The summed E-state index contributed by atoms with van der Waals surface area (Å²) >= 11 is 0. The molecule has 18 heavy (non-hydrogen) atoms. The molecule has 1 amide bonds. The Morgan fingerprint density at radius 3 is 2.72 bits per heavy atom. The molecular formula is C13H20N4O. The molecule has 2 rings (SSSR count). The number of amides is 1. The van der Waals surface area contributed by atoms with Gasteiger partial charge in [0.05, 0.1) is 12.2 Å². The summed E-state index contributed by atoms with van der Waals surface area (Å²) in [6, 6.07) is 1.91. The zero-order chi connectivity index (χ0) is 13.1. The summed E-state index contributed by atoms with van der Waals surface area (Å²) in [5.74, 6) is 1.06. The summed E-state index contributed by atoms with van der Waals surface area (Å²) in [4.78, 5) is 22.3.